The number of rotatable bonds is 3. The van der Waals surface area contributed by atoms with Crippen molar-refractivity contribution in [2.75, 3.05) is 13.2 Å². The molecule has 0 spiro atoms. The highest BCUT2D eigenvalue weighted by Gasteiger charge is 2.47. The summed E-state index contributed by atoms with van der Waals surface area (Å²) in [6.07, 6.45) is 0. The van der Waals surface area contributed by atoms with Crippen molar-refractivity contribution < 1.29 is 19.4 Å². The summed E-state index contributed by atoms with van der Waals surface area (Å²) >= 11 is 0. The molecule has 1 heterocycles. The van der Waals surface area contributed by atoms with Crippen LogP contribution in [0.5, 0.6) is 0 Å². The topological polar surface area (TPSA) is 75.6 Å². The van der Waals surface area contributed by atoms with Gasteiger partial charge in [-0.15, -0.1) is 0 Å². The first-order chi connectivity index (χ1) is 5.98. The Morgan fingerprint density at radius 1 is 1.46 bits per heavy atom. The Labute approximate surface area is 76.1 Å². The predicted molar refractivity (Wildman–Crippen MR) is 44.2 cm³/mol. The van der Waals surface area contributed by atoms with Crippen LogP contribution >= 0.6 is 0 Å². The van der Waals surface area contributed by atoms with Crippen molar-refractivity contribution in [3.63, 3.8) is 0 Å². The van der Waals surface area contributed by atoms with E-state index in [1.807, 2.05) is 0 Å². The fourth-order valence-corrected chi connectivity index (χ4v) is 0.935. The predicted octanol–water partition coefficient (Wildman–Crippen LogP) is -0.388. The summed E-state index contributed by atoms with van der Waals surface area (Å²) in [4.78, 5) is 22.0. The molecule has 5 nitrogen and oxygen atoms in total. The number of carboxylic acid groups (broad SMARTS) is 1. The summed E-state index contributed by atoms with van der Waals surface area (Å²) < 4.78 is 4.78. The van der Waals surface area contributed by atoms with Gasteiger partial charge in [0, 0.05) is 5.92 Å². The van der Waals surface area contributed by atoms with Gasteiger partial charge in [-0.25, -0.2) is 4.79 Å². The maximum absolute atomic E-state index is 11.2. The SMILES string of the molecule is CC(C)C(=O)NC1(C(=O)O)COC1. The molecule has 5 heteroatoms. The fraction of sp³-hybridized carbons (Fsp3) is 0.750. The van der Waals surface area contributed by atoms with Crippen LogP contribution in [0.15, 0.2) is 0 Å². The van der Waals surface area contributed by atoms with E-state index in [1.165, 1.54) is 0 Å². The molecule has 1 fully saturated rings. The molecule has 0 unspecified atom stereocenters. The van der Waals surface area contributed by atoms with Crippen molar-refractivity contribution in [1.82, 2.24) is 5.32 Å². The zero-order valence-electron chi connectivity index (χ0n) is 7.66. The summed E-state index contributed by atoms with van der Waals surface area (Å²) in [5.41, 5.74) is -1.18. The number of aliphatic carboxylic acids is 1. The number of nitrogens with one attached hydrogen (secondary N) is 1. The largest absolute Gasteiger partial charge is 0.479 e. The first-order valence-corrected chi connectivity index (χ1v) is 4.11. The molecule has 0 atom stereocenters. The standard InChI is InChI=1S/C8H13NO4/c1-5(2)6(10)9-8(7(11)12)3-13-4-8/h5H,3-4H2,1-2H3,(H,9,10)(H,11,12). The second-order valence-electron chi connectivity index (χ2n) is 3.52. The van der Waals surface area contributed by atoms with Gasteiger partial charge in [-0.3, -0.25) is 4.79 Å². The van der Waals surface area contributed by atoms with Gasteiger partial charge in [-0.1, -0.05) is 13.8 Å². The Hall–Kier alpha value is -1.10. The van der Waals surface area contributed by atoms with Gasteiger partial charge in [0.25, 0.3) is 0 Å². The van der Waals surface area contributed by atoms with E-state index < -0.39 is 11.5 Å². The number of carboxylic acids is 1. The first kappa shape index (κ1) is 9.98. The van der Waals surface area contributed by atoms with Gasteiger partial charge in [0.05, 0.1) is 13.2 Å². The van der Waals surface area contributed by atoms with Crippen LogP contribution in [0.25, 0.3) is 0 Å². The van der Waals surface area contributed by atoms with Gasteiger partial charge in [0.1, 0.15) is 0 Å². The van der Waals surface area contributed by atoms with Gasteiger partial charge in [0.2, 0.25) is 5.91 Å². The summed E-state index contributed by atoms with van der Waals surface area (Å²) in [5.74, 6) is -1.50. The molecule has 2 N–H and O–H groups in total. The van der Waals surface area contributed by atoms with Crippen molar-refractivity contribution in [2.24, 2.45) is 5.92 Å². The third kappa shape index (κ3) is 1.80. The monoisotopic (exact) mass is 187 g/mol. The summed E-state index contributed by atoms with van der Waals surface area (Å²) in [7, 11) is 0. The van der Waals surface area contributed by atoms with Crippen LogP contribution in [0.2, 0.25) is 0 Å². The van der Waals surface area contributed by atoms with Crippen molar-refractivity contribution >= 4 is 11.9 Å². The van der Waals surface area contributed by atoms with E-state index >= 15 is 0 Å². The highest BCUT2D eigenvalue weighted by molar-refractivity contribution is 5.88. The Morgan fingerprint density at radius 3 is 2.23 bits per heavy atom. The Balaban J connectivity index is 2.59. The molecule has 0 saturated carbocycles. The van der Waals surface area contributed by atoms with Crippen LogP contribution in [-0.2, 0) is 14.3 Å². The number of ether oxygens (including phenoxy) is 1. The number of hydrogen-bond donors (Lipinski definition) is 2. The highest BCUT2D eigenvalue weighted by Crippen LogP contribution is 2.17. The molecular formula is C8H13NO4. The summed E-state index contributed by atoms with van der Waals surface area (Å²) in [5, 5.41) is 11.3. The average molecular weight is 187 g/mol. The smallest absolute Gasteiger partial charge is 0.334 e. The maximum Gasteiger partial charge on any atom is 0.334 e. The molecular weight excluding hydrogens is 174 g/mol. The number of carbonyl (C=O) groups excluding carboxylic acids is 1. The molecule has 1 aliphatic rings. The quantitative estimate of drug-likeness (QED) is 0.631. The van der Waals surface area contributed by atoms with Crippen molar-refractivity contribution in [1.29, 1.82) is 0 Å². The van der Waals surface area contributed by atoms with E-state index in [0.29, 0.717) is 0 Å². The van der Waals surface area contributed by atoms with Gasteiger partial charge in [0.15, 0.2) is 5.54 Å². The van der Waals surface area contributed by atoms with Crippen LogP contribution in [-0.4, -0.2) is 35.7 Å². The molecule has 0 aromatic rings. The lowest BCUT2D eigenvalue weighted by Crippen LogP contribution is -2.67. The minimum absolute atomic E-state index is 0.0563. The molecule has 1 aliphatic heterocycles. The van der Waals surface area contributed by atoms with Crippen LogP contribution in [0.1, 0.15) is 13.8 Å². The average Bonchev–Trinajstić information content (AvgIpc) is 1.95. The van der Waals surface area contributed by atoms with Crippen molar-refractivity contribution in [2.45, 2.75) is 19.4 Å². The van der Waals surface area contributed by atoms with E-state index in [9.17, 15) is 9.59 Å². The molecule has 0 aromatic heterocycles. The minimum Gasteiger partial charge on any atom is -0.479 e. The van der Waals surface area contributed by atoms with Crippen LogP contribution in [0.3, 0.4) is 0 Å². The minimum atomic E-state index is -1.18. The first-order valence-electron chi connectivity index (χ1n) is 4.11. The Bertz CT molecular complexity index is 232. The highest BCUT2D eigenvalue weighted by atomic mass is 16.5. The number of amides is 1. The molecule has 0 bridgehead atoms. The van der Waals surface area contributed by atoms with Crippen molar-refractivity contribution in [3.8, 4) is 0 Å². The second kappa shape index (κ2) is 3.33. The third-order valence-corrected chi connectivity index (χ3v) is 1.99. The normalized spacial score (nSPS) is 19.3. The molecule has 1 amide bonds. The Kier molecular flexibility index (Phi) is 2.56. The van der Waals surface area contributed by atoms with Crippen molar-refractivity contribution in [3.05, 3.63) is 0 Å². The van der Waals surface area contributed by atoms with Crippen LogP contribution < -0.4 is 5.32 Å². The molecule has 0 radical (unpaired) electrons. The van der Waals surface area contributed by atoms with Crippen LogP contribution in [0.4, 0.5) is 0 Å². The molecule has 13 heavy (non-hydrogen) atoms. The van der Waals surface area contributed by atoms with Gasteiger partial charge >= 0.3 is 5.97 Å². The van der Waals surface area contributed by atoms with Gasteiger partial charge in [-0.05, 0) is 0 Å². The lowest BCUT2D eigenvalue weighted by Gasteiger charge is -2.38. The zero-order valence-corrected chi connectivity index (χ0v) is 7.66. The number of carbonyl (C=O) groups is 2. The lowest BCUT2D eigenvalue weighted by molar-refractivity contribution is -0.169. The lowest BCUT2D eigenvalue weighted by atomic mass is 9.97. The van der Waals surface area contributed by atoms with E-state index in [4.69, 9.17) is 9.84 Å². The van der Waals surface area contributed by atoms with E-state index in [2.05, 4.69) is 5.32 Å². The Morgan fingerprint density at radius 2 is 2.00 bits per heavy atom. The fourth-order valence-electron chi connectivity index (χ4n) is 0.935. The second-order valence-corrected chi connectivity index (χ2v) is 3.52. The molecule has 0 aliphatic carbocycles. The third-order valence-electron chi connectivity index (χ3n) is 1.99. The summed E-state index contributed by atoms with van der Waals surface area (Å²) in [6, 6.07) is 0. The van der Waals surface area contributed by atoms with Gasteiger partial charge < -0.3 is 15.2 Å². The molecule has 1 rings (SSSR count). The summed E-state index contributed by atoms with van der Waals surface area (Å²) in [6.45, 7) is 3.54. The zero-order chi connectivity index (χ0) is 10.1. The van der Waals surface area contributed by atoms with E-state index in [-0.39, 0.29) is 25.0 Å². The number of hydrogen-bond acceptors (Lipinski definition) is 3. The van der Waals surface area contributed by atoms with Crippen LogP contribution in [0, 0.1) is 5.92 Å². The molecule has 0 aromatic carbocycles. The van der Waals surface area contributed by atoms with Gasteiger partial charge in [-0.2, -0.15) is 0 Å². The molecule has 1 saturated heterocycles. The maximum atomic E-state index is 11.2. The van der Waals surface area contributed by atoms with E-state index in [1.54, 1.807) is 13.8 Å². The van der Waals surface area contributed by atoms with E-state index in [0.717, 1.165) is 0 Å². The molecule has 74 valence electrons.